The van der Waals surface area contributed by atoms with Crippen LogP contribution in [0.4, 0.5) is 0 Å². The van der Waals surface area contributed by atoms with E-state index in [0.29, 0.717) is 38.0 Å². The summed E-state index contributed by atoms with van der Waals surface area (Å²) in [5.41, 5.74) is 0. The number of piperazine rings is 1. The molecule has 1 unspecified atom stereocenters. The topological polar surface area (TPSA) is 66.2 Å². The van der Waals surface area contributed by atoms with Crippen LogP contribution in [0.15, 0.2) is 22.8 Å². The molecule has 138 valence electrons. The second-order valence-electron chi connectivity index (χ2n) is 6.74. The number of rotatable bonds is 4. The van der Waals surface area contributed by atoms with Gasteiger partial charge in [-0.2, -0.15) is 0 Å². The number of furan rings is 1. The number of carbonyl (C=O) groups is 2. The van der Waals surface area contributed by atoms with Gasteiger partial charge in [-0.3, -0.25) is 14.5 Å². The Morgan fingerprint density at radius 3 is 2.32 bits per heavy atom. The molecule has 0 saturated carbocycles. The lowest BCUT2D eigenvalue weighted by Gasteiger charge is -2.39. The van der Waals surface area contributed by atoms with Gasteiger partial charge in [0.1, 0.15) is 0 Å². The van der Waals surface area contributed by atoms with E-state index in [2.05, 4.69) is 4.90 Å². The van der Waals surface area contributed by atoms with Crippen molar-refractivity contribution >= 4 is 11.8 Å². The number of amides is 2. The molecule has 0 aliphatic carbocycles. The molecule has 1 aromatic rings. The van der Waals surface area contributed by atoms with Gasteiger partial charge in [0, 0.05) is 46.4 Å². The molecule has 25 heavy (non-hydrogen) atoms. The van der Waals surface area contributed by atoms with Crippen LogP contribution in [0.2, 0.25) is 0 Å². The van der Waals surface area contributed by atoms with E-state index in [9.17, 15) is 9.59 Å². The van der Waals surface area contributed by atoms with Crippen molar-refractivity contribution in [2.75, 3.05) is 46.4 Å². The van der Waals surface area contributed by atoms with Gasteiger partial charge in [-0.25, -0.2) is 0 Å². The molecular formula is C18H27N3O4. The highest BCUT2D eigenvalue weighted by atomic mass is 16.5. The third-order valence-corrected chi connectivity index (χ3v) is 5.33. The van der Waals surface area contributed by atoms with Crippen LogP contribution < -0.4 is 0 Å². The lowest BCUT2D eigenvalue weighted by molar-refractivity contribution is -0.138. The Bertz CT molecular complexity index is 573. The first-order valence-corrected chi connectivity index (χ1v) is 8.98. The Kier molecular flexibility index (Phi) is 5.75. The second-order valence-corrected chi connectivity index (χ2v) is 6.74. The zero-order valence-corrected chi connectivity index (χ0v) is 15.0. The summed E-state index contributed by atoms with van der Waals surface area (Å²) in [5.74, 6) is 0.405. The van der Waals surface area contributed by atoms with E-state index in [1.165, 1.54) is 6.26 Å². The van der Waals surface area contributed by atoms with Gasteiger partial charge in [-0.15, -0.1) is 0 Å². The van der Waals surface area contributed by atoms with Crippen molar-refractivity contribution in [1.82, 2.24) is 14.7 Å². The lowest BCUT2D eigenvalue weighted by Crippen LogP contribution is -2.56. The fourth-order valence-corrected chi connectivity index (χ4v) is 3.61. The molecule has 0 bridgehead atoms. The summed E-state index contributed by atoms with van der Waals surface area (Å²) in [6.45, 7) is 6.00. The summed E-state index contributed by atoms with van der Waals surface area (Å²) < 4.78 is 10.6. The standard InChI is InChI=1S/C18H27N3O4/c1-14(19-7-5-15(24-2)6-8-19)17(22)20-9-11-21(12-10-20)18(23)16-4-3-13-25-16/h3-4,13-15H,5-12H2,1-2H3. The Morgan fingerprint density at radius 1 is 1.12 bits per heavy atom. The quantitative estimate of drug-likeness (QED) is 0.813. The molecule has 1 atom stereocenters. The largest absolute Gasteiger partial charge is 0.459 e. The predicted molar refractivity (Wildman–Crippen MR) is 92.3 cm³/mol. The molecule has 3 heterocycles. The number of carbonyl (C=O) groups excluding carboxylic acids is 2. The Morgan fingerprint density at radius 2 is 1.76 bits per heavy atom. The minimum Gasteiger partial charge on any atom is -0.459 e. The molecule has 0 spiro atoms. The van der Waals surface area contributed by atoms with Crippen molar-refractivity contribution in [3.05, 3.63) is 24.2 Å². The van der Waals surface area contributed by atoms with Crippen LogP contribution in [0, 0.1) is 0 Å². The summed E-state index contributed by atoms with van der Waals surface area (Å²) in [7, 11) is 1.75. The second kappa shape index (κ2) is 8.01. The molecule has 2 amide bonds. The third kappa shape index (κ3) is 4.04. The average molecular weight is 349 g/mol. The number of piperidine rings is 1. The number of likely N-dealkylation sites (tertiary alicyclic amines) is 1. The molecule has 0 N–H and O–H groups in total. The minimum absolute atomic E-state index is 0.105. The summed E-state index contributed by atoms with van der Waals surface area (Å²) >= 11 is 0. The molecule has 2 aliphatic heterocycles. The van der Waals surface area contributed by atoms with Crippen molar-refractivity contribution in [3.8, 4) is 0 Å². The smallest absolute Gasteiger partial charge is 0.289 e. The maximum atomic E-state index is 12.8. The van der Waals surface area contributed by atoms with Crippen LogP contribution in [0.25, 0.3) is 0 Å². The fraction of sp³-hybridized carbons (Fsp3) is 0.667. The highest BCUT2D eigenvalue weighted by Crippen LogP contribution is 2.17. The summed E-state index contributed by atoms with van der Waals surface area (Å²) in [6, 6.07) is 3.26. The van der Waals surface area contributed by atoms with Gasteiger partial charge in [0.25, 0.3) is 5.91 Å². The van der Waals surface area contributed by atoms with E-state index in [4.69, 9.17) is 9.15 Å². The monoisotopic (exact) mass is 349 g/mol. The summed E-state index contributed by atoms with van der Waals surface area (Å²) in [6.07, 6.45) is 3.76. The zero-order chi connectivity index (χ0) is 17.8. The molecule has 0 aromatic carbocycles. The Balaban J connectivity index is 1.49. The van der Waals surface area contributed by atoms with E-state index in [-0.39, 0.29) is 17.9 Å². The third-order valence-electron chi connectivity index (χ3n) is 5.33. The SMILES string of the molecule is COC1CCN(C(C)C(=O)N2CCN(C(=O)c3ccco3)CC2)CC1. The molecule has 0 radical (unpaired) electrons. The normalized spacial score (nSPS) is 21.4. The highest BCUT2D eigenvalue weighted by molar-refractivity contribution is 5.91. The van der Waals surface area contributed by atoms with Gasteiger partial charge in [0.2, 0.25) is 5.91 Å². The number of hydrogen-bond donors (Lipinski definition) is 0. The molecular weight excluding hydrogens is 322 g/mol. The first kappa shape index (κ1) is 17.9. The maximum absolute atomic E-state index is 12.8. The first-order chi connectivity index (χ1) is 12.1. The van der Waals surface area contributed by atoms with Gasteiger partial charge in [0.15, 0.2) is 5.76 Å². The average Bonchev–Trinajstić information content (AvgIpc) is 3.21. The van der Waals surface area contributed by atoms with E-state index in [0.717, 1.165) is 25.9 Å². The lowest BCUT2D eigenvalue weighted by atomic mass is 10.1. The summed E-state index contributed by atoms with van der Waals surface area (Å²) in [5, 5.41) is 0. The predicted octanol–water partition coefficient (Wildman–Crippen LogP) is 1.06. The first-order valence-electron chi connectivity index (χ1n) is 8.98. The van der Waals surface area contributed by atoms with Crippen LogP contribution >= 0.6 is 0 Å². The van der Waals surface area contributed by atoms with Gasteiger partial charge in [-0.05, 0) is 31.9 Å². The van der Waals surface area contributed by atoms with Gasteiger partial charge >= 0.3 is 0 Å². The molecule has 2 aliphatic rings. The van der Waals surface area contributed by atoms with Gasteiger partial charge in [0.05, 0.1) is 18.4 Å². The van der Waals surface area contributed by atoms with Gasteiger partial charge < -0.3 is 19.0 Å². The number of nitrogens with zero attached hydrogens (tertiary/aromatic N) is 3. The molecule has 2 saturated heterocycles. The minimum atomic E-state index is -0.120. The molecule has 2 fully saturated rings. The van der Waals surface area contributed by atoms with Crippen molar-refractivity contribution in [1.29, 1.82) is 0 Å². The zero-order valence-electron chi connectivity index (χ0n) is 15.0. The van der Waals surface area contributed by atoms with Crippen LogP contribution in [0.5, 0.6) is 0 Å². The molecule has 3 rings (SSSR count). The van der Waals surface area contributed by atoms with Crippen LogP contribution in [0.3, 0.4) is 0 Å². The van der Waals surface area contributed by atoms with Crippen LogP contribution in [-0.2, 0) is 9.53 Å². The van der Waals surface area contributed by atoms with Crippen molar-refractivity contribution in [2.45, 2.75) is 31.9 Å². The number of hydrogen-bond acceptors (Lipinski definition) is 5. The van der Waals surface area contributed by atoms with E-state index in [1.807, 2.05) is 11.8 Å². The number of ether oxygens (including phenoxy) is 1. The highest BCUT2D eigenvalue weighted by Gasteiger charge is 2.32. The molecule has 7 nitrogen and oxygen atoms in total. The Labute approximate surface area is 148 Å². The fourth-order valence-electron chi connectivity index (χ4n) is 3.61. The van der Waals surface area contributed by atoms with Crippen molar-refractivity contribution < 1.29 is 18.7 Å². The van der Waals surface area contributed by atoms with Crippen molar-refractivity contribution in [2.24, 2.45) is 0 Å². The van der Waals surface area contributed by atoms with Crippen molar-refractivity contribution in [3.63, 3.8) is 0 Å². The van der Waals surface area contributed by atoms with E-state index >= 15 is 0 Å². The maximum Gasteiger partial charge on any atom is 0.289 e. The van der Waals surface area contributed by atoms with Crippen LogP contribution in [0.1, 0.15) is 30.3 Å². The number of methoxy groups -OCH3 is 1. The Hall–Kier alpha value is -1.86. The van der Waals surface area contributed by atoms with Gasteiger partial charge in [-0.1, -0.05) is 0 Å². The van der Waals surface area contributed by atoms with Crippen LogP contribution in [-0.4, -0.2) is 85.0 Å². The molecule has 7 heteroatoms. The van der Waals surface area contributed by atoms with E-state index < -0.39 is 0 Å². The molecule has 1 aromatic heterocycles. The summed E-state index contributed by atoms with van der Waals surface area (Å²) in [4.78, 5) is 30.9. The van der Waals surface area contributed by atoms with E-state index in [1.54, 1.807) is 24.1 Å².